The average molecular weight is 115 g/mol. The molecule has 0 aliphatic rings. The fourth-order valence-electron chi connectivity index (χ4n) is 0.277. The van der Waals surface area contributed by atoms with E-state index in [1.54, 1.807) is 6.20 Å². The molecular formula is C3H5N3S. The largest absolute Gasteiger partial charge is 0.377 e. The van der Waals surface area contributed by atoms with Gasteiger partial charge in [-0.3, -0.25) is 0 Å². The topological polar surface area (TPSA) is 37.8 Å². The highest BCUT2D eigenvalue weighted by atomic mass is 32.1. The number of nitrogens with one attached hydrogen (secondary N) is 1. The second-order valence-corrected chi connectivity index (χ2v) is 1.82. The van der Waals surface area contributed by atoms with Crippen molar-refractivity contribution in [2.75, 3.05) is 12.4 Å². The summed E-state index contributed by atoms with van der Waals surface area (Å²) in [6, 6.07) is 0. The van der Waals surface area contributed by atoms with Crippen molar-refractivity contribution in [3.8, 4) is 0 Å². The Bertz CT molecular complexity index is 125. The van der Waals surface area contributed by atoms with Crippen LogP contribution in [0.15, 0.2) is 6.20 Å². The molecule has 0 radical (unpaired) electrons. The van der Waals surface area contributed by atoms with Gasteiger partial charge in [-0.15, -0.1) is 5.10 Å². The van der Waals surface area contributed by atoms with E-state index in [9.17, 15) is 0 Å². The van der Waals surface area contributed by atoms with E-state index in [4.69, 9.17) is 0 Å². The van der Waals surface area contributed by atoms with Gasteiger partial charge in [-0.2, -0.15) is 0 Å². The molecule has 0 bridgehead atoms. The van der Waals surface area contributed by atoms with E-state index < -0.39 is 0 Å². The number of hydrogen-bond acceptors (Lipinski definition) is 4. The molecule has 0 atom stereocenters. The lowest BCUT2D eigenvalue weighted by Gasteiger charge is -1.82. The zero-order chi connectivity index (χ0) is 5.11. The van der Waals surface area contributed by atoms with Crippen LogP contribution in [0.2, 0.25) is 0 Å². The molecule has 3 nitrogen and oxygen atoms in total. The highest BCUT2D eigenvalue weighted by molar-refractivity contribution is 7.09. The van der Waals surface area contributed by atoms with Crippen molar-refractivity contribution >= 4 is 16.5 Å². The Balaban J connectivity index is 2.76. The lowest BCUT2D eigenvalue weighted by molar-refractivity contribution is 1.16. The van der Waals surface area contributed by atoms with Crippen molar-refractivity contribution in [1.82, 2.24) is 9.59 Å². The second-order valence-electron chi connectivity index (χ2n) is 1.03. The first-order valence-electron chi connectivity index (χ1n) is 1.88. The Hall–Kier alpha value is -0.640. The summed E-state index contributed by atoms with van der Waals surface area (Å²) in [5.41, 5.74) is 0. The standard InChI is InChI=1S/C3H5N3S/c1-4-3-2-5-6-7-3/h2,4H,1H3. The van der Waals surface area contributed by atoms with Crippen LogP contribution in [0.25, 0.3) is 0 Å². The molecule has 4 heteroatoms. The zero-order valence-corrected chi connectivity index (χ0v) is 4.70. The lowest BCUT2D eigenvalue weighted by atomic mass is 10.8. The number of rotatable bonds is 1. The summed E-state index contributed by atoms with van der Waals surface area (Å²) in [5.74, 6) is 0. The minimum Gasteiger partial charge on any atom is -0.377 e. The predicted octanol–water partition coefficient (Wildman–Crippen LogP) is 0.580. The van der Waals surface area contributed by atoms with Crippen molar-refractivity contribution in [3.05, 3.63) is 6.20 Å². The number of anilines is 1. The average Bonchev–Trinajstić information content (AvgIpc) is 2.14. The number of hydrogen-bond donors (Lipinski definition) is 1. The van der Waals surface area contributed by atoms with Gasteiger partial charge in [-0.05, 0) is 0 Å². The molecule has 1 heterocycles. The molecule has 0 aliphatic carbocycles. The van der Waals surface area contributed by atoms with Crippen LogP contribution in [0.4, 0.5) is 5.00 Å². The molecule has 0 amide bonds. The number of aromatic nitrogens is 2. The van der Waals surface area contributed by atoms with Gasteiger partial charge in [0.1, 0.15) is 5.00 Å². The van der Waals surface area contributed by atoms with E-state index in [-0.39, 0.29) is 0 Å². The van der Waals surface area contributed by atoms with Gasteiger partial charge in [-0.1, -0.05) is 4.49 Å². The maximum atomic E-state index is 3.62. The van der Waals surface area contributed by atoms with Crippen LogP contribution >= 0.6 is 11.5 Å². The summed E-state index contributed by atoms with van der Waals surface area (Å²) in [6.45, 7) is 0. The molecular weight excluding hydrogens is 110 g/mol. The normalized spacial score (nSPS) is 8.71. The first-order chi connectivity index (χ1) is 3.43. The summed E-state index contributed by atoms with van der Waals surface area (Å²) in [6.07, 6.45) is 1.69. The summed E-state index contributed by atoms with van der Waals surface area (Å²) in [7, 11) is 1.84. The Morgan fingerprint density at radius 3 is 3.00 bits per heavy atom. The Kier molecular flexibility index (Phi) is 1.21. The Morgan fingerprint density at radius 2 is 2.71 bits per heavy atom. The quantitative estimate of drug-likeness (QED) is 0.581. The summed E-state index contributed by atoms with van der Waals surface area (Å²) >= 11 is 1.35. The third kappa shape index (κ3) is 0.866. The fraction of sp³-hybridized carbons (Fsp3) is 0.333. The minimum absolute atomic E-state index is 1.00. The van der Waals surface area contributed by atoms with Gasteiger partial charge in [0.05, 0.1) is 6.20 Å². The molecule has 1 aromatic rings. The maximum absolute atomic E-state index is 3.62. The van der Waals surface area contributed by atoms with Gasteiger partial charge in [0, 0.05) is 18.6 Å². The summed E-state index contributed by atoms with van der Waals surface area (Å²) < 4.78 is 3.62. The fourth-order valence-corrected chi connectivity index (χ4v) is 0.645. The van der Waals surface area contributed by atoms with Crippen LogP contribution in [-0.4, -0.2) is 16.6 Å². The van der Waals surface area contributed by atoms with Crippen LogP contribution in [0, 0.1) is 0 Å². The second kappa shape index (κ2) is 1.88. The van der Waals surface area contributed by atoms with Crippen LogP contribution in [0.1, 0.15) is 0 Å². The van der Waals surface area contributed by atoms with Crippen LogP contribution in [-0.2, 0) is 0 Å². The van der Waals surface area contributed by atoms with Crippen LogP contribution in [0.3, 0.4) is 0 Å². The molecule has 1 aromatic heterocycles. The van der Waals surface area contributed by atoms with E-state index in [2.05, 4.69) is 14.9 Å². The minimum atomic E-state index is 1.00. The molecule has 0 saturated carbocycles. The van der Waals surface area contributed by atoms with E-state index in [0.29, 0.717) is 0 Å². The molecule has 0 fully saturated rings. The third-order valence-corrected chi connectivity index (χ3v) is 1.29. The summed E-state index contributed by atoms with van der Waals surface area (Å²) in [4.78, 5) is 0. The van der Waals surface area contributed by atoms with Gasteiger partial charge in [0.25, 0.3) is 0 Å². The molecule has 1 N–H and O–H groups in total. The summed E-state index contributed by atoms with van der Waals surface area (Å²) in [5, 5.41) is 7.50. The highest BCUT2D eigenvalue weighted by Crippen LogP contribution is 2.05. The van der Waals surface area contributed by atoms with E-state index >= 15 is 0 Å². The maximum Gasteiger partial charge on any atom is 0.129 e. The van der Waals surface area contributed by atoms with E-state index in [1.807, 2.05) is 7.05 Å². The molecule has 1 rings (SSSR count). The molecule has 0 unspecified atom stereocenters. The monoisotopic (exact) mass is 115 g/mol. The first kappa shape index (κ1) is 4.52. The SMILES string of the molecule is CNc1cnns1. The van der Waals surface area contributed by atoms with E-state index in [0.717, 1.165) is 5.00 Å². The first-order valence-corrected chi connectivity index (χ1v) is 2.66. The molecule has 0 saturated heterocycles. The van der Waals surface area contributed by atoms with Crippen LogP contribution < -0.4 is 5.32 Å². The van der Waals surface area contributed by atoms with Gasteiger partial charge >= 0.3 is 0 Å². The highest BCUT2D eigenvalue weighted by Gasteiger charge is 1.84. The van der Waals surface area contributed by atoms with Crippen molar-refractivity contribution in [2.24, 2.45) is 0 Å². The van der Waals surface area contributed by atoms with Gasteiger partial charge in [0.2, 0.25) is 0 Å². The molecule has 38 valence electrons. The van der Waals surface area contributed by atoms with Crippen molar-refractivity contribution in [2.45, 2.75) is 0 Å². The molecule has 0 aromatic carbocycles. The molecule has 7 heavy (non-hydrogen) atoms. The zero-order valence-electron chi connectivity index (χ0n) is 3.88. The predicted molar refractivity (Wildman–Crippen MR) is 29.5 cm³/mol. The Morgan fingerprint density at radius 1 is 1.86 bits per heavy atom. The van der Waals surface area contributed by atoms with Gasteiger partial charge in [-0.25, -0.2) is 0 Å². The van der Waals surface area contributed by atoms with Gasteiger partial charge < -0.3 is 5.32 Å². The Labute approximate surface area is 45.5 Å². The van der Waals surface area contributed by atoms with Gasteiger partial charge in [0.15, 0.2) is 0 Å². The molecule has 0 aliphatic heterocycles. The number of nitrogens with zero attached hydrogens (tertiary/aromatic N) is 2. The lowest BCUT2D eigenvalue weighted by Crippen LogP contribution is -1.80. The van der Waals surface area contributed by atoms with Crippen molar-refractivity contribution < 1.29 is 0 Å². The molecule has 0 spiro atoms. The van der Waals surface area contributed by atoms with Crippen molar-refractivity contribution in [3.63, 3.8) is 0 Å². The van der Waals surface area contributed by atoms with E-state index in [1.165, 1.54) is 11.5 Å². The third-order valence-electron chi connectivity index (χ3n) is 0.608. The van der Waals surface area contributed by atoms with Crippen molar-refractivity contribution in [1.29, 1.82) is 0 Å². The smallest absolute Gasteiger partial charge is 0.129 e. The van der Waals surface area contributed by atoms with Crippen LogP contribution in [0.5, 0.6) is 0 Å².